The molecule has 2 aliphatic heterocycles. The molecule has 0 unspecified atom stereocenters. The summed E-state index contributed by atoms with van der Waals surface area (Å²) in [6, 6.07) is 6.43. The van der Waals surface area contributed by atoms with Crippen LogP contribution in [0.3, 0.4) is 0 Å². The molecule has 4 nitrogen and oxygen atoms in total. The standard InChI is InChI=1S/C15H22N2O2/c1-12-3-4-14(18-2)13(9-12)15(10-19-11-15)17-7-5-16-6-8-17/h3-4,9,16H,5-8,10-11H2,1-2H3. The molecular formula is C15H22N2O2. The Balaban J connectivity index is 1.99. The Morgan fingerprint density at radius 3 is 2.58 bits per heavy atom. The lowest BCUT2D eigenvalue weighted by atomic mass is 9.84. The van der Waals surface area contributed by atoms with Crippen LogP contribution >= 0.6 is 0 Å². The Morgan fingerprint density at radius 1 is 1.26 bits per heavy atom. The van der Waals surface area contributed by atoms with Crippen molar-refractivity contribution in [3.8, 4) is 5.75 Å². The van der Waals surface area contributed by atoms with Gasteiger partial charge >= 0.3 is 0 Å². The van der Waals surface area contributed by atoms with Gasteiger partial charge in [-0.25, -0.2) is 0 Å². The third-order valence-corrected chi connectivity index (χ3v) is 4.26. The van der Waals surface area contributed by atoms with Crippen LogP contribution in [0.4, 0.5) is 0 Å². The molecule has 2 fully saturated rings. The number of hydrogen-bond donors (Lipinski definition) is 1. The number of ether oxygens (including phenoxy) is 2. The summed E-state index contributed by atoms with van der Waals surface area (Å²) in [7, 11) is 1.75. The first kappa shape index (κ1) is 12.9. The summed E-state index contributed by atoms with van der Waals surface area (Å²) in [5.41, 5.74) is 2.57. The number of nitrogens with one attached hydrogen (secondary N) is 1. The van der Waals surface area contributed by atoms with Gasteiger partial charge in [-0.2, -0.15) is 0 Å². The number of methoxy groups -OCH3 is 1. The van der Waals surface area contributed by atoms with Crippen LogP contribution in [-0.2, 0) is 10.3 Å². The van der Waals surface area contributed by atoms with Crippen molar-refractivity contribution < 1.29 is 9.47 Å². The van der Waals surface area contributed by atoms with Gasteiger partial charge < -0.3 is 14.8 Å². The minimum absolute atomic E-state index is 0.0134. The average Bonchev–Trinajstić information content (AvgIpc) is 2.39. The van der Waals surface area contributed by atoms with Crippen molar-refractivity contribution >= 4 is 0 Å². The summed E-state index contributed by atoms with van der Waals surface area (Å²) in [5.74, 6) is 0.979. The highest BCUT2D eigenvalue weighted by atomic mass is 16.5. The van der Waals surface area contributed by atoms with E-state index in [1.165, 1.54) is 11.1 Å². The van der Waals surface area contributed by atoms with Crippen LogP contribution in [0.5, 0.6) is 5.75 Å². The molecule has 2 aliphatic rings. The summed E-state index contributed by atoms with van der Waals surface area (Å²) in [6.45, 7) is 7.92. The van der Waals surface area contributed by atoms with Gasteiger partial charge in [0.15, 0.2) is 0 Å². The molecule has 0 spiro atoms. The van der Waals surface area contributed by atoms with E-state index in [0.29, 0.717) is 0 Å². The number of aryl methyl sites for hydroxylation is 1. The Hall–Kier alpha value is -1.10. The molecule has 1 aromatic rings. The van der Waals surface area contributed by atoms with Crippen molar-refractivity contribution in [2.24, 2.45) is 0 Å². The maximum atomic E-state index is 5.58. The number of rotatable bonds is 3. The normalized spacial score (nSPS) is 22.8. The smallest absolute Gasteiger partial charge is 0.124 e. The van der Waals surface area contributed by atoms with E-state index in [-0.39, 0.29) is 5.54 Å². The van der Waals surface area contributed by atoms with Crippen LogP contribution < -0.4 is 10.1 Å². The van der Waals surface area contributed by atoms with Crippen LogP contribution in [0, 0.1) is 6.92 Å². The average molecular weight is 262 g/mol. The molecule has 0 atom stereocenters. The first-order valence-corrected chi connectivity index (χ1v) is 6.95. The zero-order valence-electron chi connectivity index (χ0n) is 11.7. The van der Waals surface area contributed by atoms with E-state index in [9.17, 15) is 0 Å². The van der Waals surface area contributed by atoms with Gasteiger partial charge in [-0.1, -0.05) is 17.7 Å². The molecule has 2 heterocycles. The largest absolute Gasteiger partial charge is 0.496 e. The van der Waals surface area contributed by atoms with Crippen LogP contribution in [0.15, 0.2) is 18.2 Å². The Labute approximate surface area is 114 Å². The van der Waals surface area contributed by atoms with Crippen molar-refractivity contribution in [1.29, 1.82) is 0 Å². The van der Waals surface area contributed by atoms with Crippen molar-refractivity contribution in [1.82, 2.24) is 10.2 Å². The number of nitrogens with zero attached hydrogens (tertiary/aromatic N) is 1. The number of piperazine rings is 1. The highest BCUT2D eigenvalue weighted by molar-refractivity contribution is 5.43. The number of benzene rings is 1. The molecule has 0 radical (unpaired) electrons. The predicted octanol–water partition coefficient (Wildman–Crippen LogP) is 1.13. The third-order valence-electron chi connectivity index (χ3n) is 4.26. The van der Waals surface area contributed by atoms with Gasteiger partial charge in [-0.05, 0) is 13.0 Å². The molecular weight excluding hydrogens is 240 g/mol. The van der Waals surface area contributed by atoms with Gasteiger partial charge in [0.05, 0.1) is 25.9 Å². The zero-order chi connectivity index (χ0) is 13.3. The minimum atomic E-state index is 0.0134. The van der Waals surface area contributed by atoms with E-state index in [4.69, 9.17) is 9.47 Å². The van der Waals surface area contributed by atoms with Crippen molar-refractivity contribution in [3.63, 3.8) is 0 Å². The fourth-order valence-corrected chi connectivity index (χ4v) is 3.08. The quantitative estimate of drug-likeness (QED) is 0.885. The topological polar surface area (TPSA) is 33.7 Å². The Kier molecular flexibility index (Phi) is 3.48. The van der Waals surface area contributed by atoms with E-state index in [1.807, 2.05) is 0 Å². The van der Waals surface area contributed by atoms with E-state index in [2.05, 4.69) is 35.3 Å². The van der Waals surface area contributed by atoms with E-state index >= 15 is 0 Å². The van der Waals surface area contributed by atoms with Gasteiger partial charge in [0, 0.05) is 31.7 Å². The molecule has 19 heavy (non-hydrogen) atoms. The van der Waals surface area contributed by atoms with Crippen molar-refractivity contribution in [2.75, 3.05) is 46.5 Å². The summed E-state index contributed by atoms with van der Waals surface area (Å²) >= 11 is 0. The lowest BCUT2D eigenvalue weighted by Gasteiger charge is -2.51. The van der Waals surface area contributed by atoms with Gasteiger partial charge in [-0.15, -0.1) is 0 Å². The molecule has 0 aromatic heterocycles. The molecule has 0 amide bonds. The summed E-state index contributed by atoms with van der Waals surface area (Å²) in [4.78, 5) is 2.55. The molecule has 104 valence electrons. The molecule has 4 heteroatoms. The SMILES string of the molecule is COc1ccc(C)cc1C1(N2CCNCC2)COC1. The number of hydrogen-bond acceptors (Lipinski definition) is 4. The first-order chi connectivity index (χ1) is 9.26. The van der Waals surface area contributed by atoms with E-state index in [1.54, 1.807) is 7.11 Å². The second-order valence-electron chi connectivity index (χ2n) is 5.47. The Bertz CT molecular complexity index is 451. The molecule has 0 bridgehead atoms. The van der Waals surface area contributed by atoms with Crippen molar-refractivity contribution in [2.45, 2.75) is 12.5 Å². The van der Waals surface area contributed by atoms with E-state index in [0.717, 1.165) is 45.1 Å². The monoisotopic (exact) mass is 262 g/mol. The lowest BCUT2D eigenvalue weighted by molar-refractivity contribution is -0.150. The van der Waals surface area contributed by atoms with Crippen LogP contribution in [-0.4, -0.2) is 51.4 Å². The molecule has 0 aliphatic carbocycles. The summed E-state index contributed by atoms with van der Waals surface area (Å²) in [5, 5.41) is 3.41. The van der Waals surface area contributed by atoms with Gasteiger partial charge in [0.25, 0.3) is 0 Å². The third kappa shape index (κ3) is 2.14. The molecule has 0 saturated carbocycles. The molecule has 1 aromatic carbocycles. The molecule has 1 N–H and O–H groups in total. The summed E-state index contributed by atoms with van der Waals surface area (Å²) in [6.07, 6.45) is 0. The highest BCUT2D eigenvalue weighted by Crippen LogP contribution is 2.41. The fraction of sp³-hybridized carbons (Fsp3) is 0.600. The minimum Gasteiger partial charge on any atom is -0.496 e. The first-order valence-electron chi connectivity index (χ1n) is 6.95. The Morgan fingerprint density at radius 2 is 2.00 bits per heavy atom. The van der Waals surface area contributed by atoms with Gasteiger partial charge in [-0.3, -0.25) is 4.90 Å². The maximum Gasteiger partial charge on any atom is 0.124 e. The predicted molar refractivity (Wildman–Crippen MR) is 74.7 cm³/mol. The second-order valence-corrected chi connectivity index (χ2v) is 5.47. The van der Waals surface area contributed by atoms with Crippen molar-refractivity contribution in [3.05, 3.63) is 29.3 Å². The lowest BCUT2D eigenvalue weighted by Crippen LogP contribution is -2.63. The van der Waals surface area contributed by atoms with Crippen LogP contribution in [0.1, 0.15) is 11.1 Å². The van der Waals surface area contributed by atoms with Gasteiger partial charge in [0.1, 0.15) is 5.75 Å². The molecule has 2 saturated heterocycles. The van der Waals surface area contributed by atoms with E-state index < -0.39 is 0 Å². The van der Waals surface area contributed by atoms with Crippen LogP contribution in [0.2, 0.25) is 0 Å². The fourth-order valence-electron chi connectivity index (χ4n) is 3.08. The van der Waals surface area contributed by atoms with Crippen LogP contribution in [0.25, 0.3) is 0 Å². The highest BCUT2D eigenvalue weighted by Gasteiger charge is 2.47. The second kappa shape index (κ2) is 5.12. The maximum absolute atomic E-state index is 5.58. The zero-order valence-corrected chi connectivity index (χ0v) is 11.7. The van der Waals surface area contributed by atoms with Gasteiger partial charge in [0.2, 0.25) is 0 Å². The molecule has 3 rings (SSSR count). The summed E-state index contributed by atoms with van der Waals surface area (Å²) < 4.78 is 11.1.